The van der Waals surface area contributed by atoms with Crippen LogP contribution in [0.15, 0.2) is 65.3 Å². The molecule has 0 atom stereocenters. The van der Waals surface area contributed by atoms with E-state index in [4.69, 9.17) is 20.8 Å². The van der Waals surface area contributed by atoms with Gasteiger partial charge in [0.1, 0.15) is 11.5 Å². The van der Waals surface area contributed by atoms with Crippen molar-refractivity contribution in [2.24, 2.45) is 0 Å². The number of furan rings is 1. The van der Waals surface area contributed by atoms with E-state index in [0.717, 1.165) is 37.3 Å². The van der Waals surface area contributed by atoms with Crippen LogP contribution in [0.1, 0.15) is 49.2 Å². The van der Waals surface area contributed by atoms with Gasteiger partial charge in [-0.1, -0.05) is 31.9 Å². The Labute approximate surface area is 211 Å². The van der Waals surface area contributed by atoms with Crippen LogP contribution in [-0.2, 0) is 11.3 Å². The molecule has 0 radical (unpaired) electrons. The van der Waals surface area contributed by atoms with Gasteiger partial charge in [0.15, 0.2) is 6.61 Å². The minimum absolute atomic E-state index is 0.165. The van der Waals surface area contributed by atoms with Gasteiger partial charge in [-0.2, -0.15) is 0 Å². The van der Waals surface area contributed by atoms with Gasteiger partial charge in [-0.05, 0) is 67.4 Å². The van der Waals surface area contributed by atoms with E-state index in [-0.39, 0.29) is 18.4 Å². The third kappa shape index (κ3) is 8.07. The van der Waals surface area contributed by atoms with Gasteiger partial charge in [0.25, 0.3) is 11.8 Å². The maximum absolute atomic E-state index is 13.1. The molecule has 0 unspecified atom stereocenters. The van der Waals surface area contributed by atoms with Crippen molar-refractivity contribution in [2.75, 3.05) is 29.9 Å². The monoisotopic (exact) mass is 497 g/mol. The lowest BCUT2D eigenvalue weighted by Crippen LogP contribution is -2.30. The van der Waals surface area contributed by atoms with Crippen LogP contribution in [-0.4, -0.2) is 31.5 Å². The van der Waals surface area contributed by atoms with Crippen LogP contribution in [0, 0.1) is 0 Å². The smallest absolute Gasteiger partial charge is 0.262 e. The molecular formula is C27H32ClN3O4. The SMILES string of the molecule is CCCCN(Cc1ccco1)c1ccc(NC(=O)COc2ccc(Cl)cc2)cc1C(=O)NCCC. The van der Waals surface area contributed by atoms with E-state index in [2.05, 4.69) is 22.5 Å². The first-order valence-corrected chi connectivity index (χ1v) is 12.3. The summed E-state index contributed by atoms with van der Waals surface area (Å²) in [7, 11) is 0. The average Bonchev–Trinajstić information content (AvgIpc) is 3.38. The minimum atomic E-state index is -0.328. The standard InChI is InChI=1S/C27H32ClN3O4/c1-3-5-15-31(18-23-7-6-16-34-23)25-13-10-21(17-24(25)27(33)29-14-4-2)30-26(32)19-35-22-11-8-20(28)9-12-22/h6-13,16-17H,3-5,14-15,18-19H2,1-2H3,(H,29,33)(H,30,32). The van der Waals surface area contributed by atoms with Crippen molar-refractivity contribution in [1.29, 1.82) is 0 Å². The van der Waals surface area contributed by atoms with Gasteiger partial charge in [-0.25, -0.2) is 0 Å². The zero-order valence-electron chi connectivity index (χ0n) is 20.2. The molecule has 2 amide bonds. The highest BCUT2D eigenvalue weighted by molar-refractivity contribution is 6.30. The van der Waals surface area contributed by atoms with E-state index in [9.17, 15) is 9.59 Å². The summed E-state index contributed by atoms with van der Waals surface area (Å²) in [6.45, 7) is 5.85. The molecule has 1 aromatic heterocycles. The number of hydrogen-bond acceptors (Lipinski definition) is 5. The summed E-state index contributed by atoms with van der Waals surface area (Å²) in [5.74, 6) is 0.851. The van der Waals surface area contributed by atoms with Gasteiger partial charge < -0.3 is 24.7 Å². The Bertz CT molecular complexity index is 1080. The topological polar surface area (TPSA) is 83.8 Å². The Balaban J connectivity index is 1.79. The summed E-state index contributed by atoms with van der Waals surface area (Å²) in [6.07, 6.45) is 4.46. The fourth-order valence-corrected chi connectivity index (χ4v) is 3.63. The minimum Gasteiger partial charge on any atom is -0.484 e. The number of anilines is 2. The van der Waals surface area contributed by atoms with Gasteiger partial charge in [-0.15, -0.1) is 0 Å². The summed E-state index contributed by atoms with van der Waals surface area (Å²) in [6, 6.07) is 15.9. The normalized spacial score (nSPS) is 10.6. The lowest BCUT2D eigenvalue weighted by Gasteiger charge is -2.26. The number of nitrogens with one attached hydrogen (secondary N) is 2. The summed E-state index contributed by atoms with van der Waals surface area (Å²) in [5.41, 5.74) is 1.81. The Morgan fingerprint density at radius 2 is 1.86 bits per heavy atom. The third-order valence-corrected chi connectivity index (χ3v) is 5.55. The molecule has 0 aliphatic rings. The van der Waals surface area contributed by atoms with Crippen molar-refractivity contribution in [2.45, 2.75) is 39.7 Å². The molecule has 186 valence electrons. The van der Waals surface area contributed by atoms with Crippen molar-refractivity contribution in [3.05, 3.63) is 77.2 Å². The number of benzene rings is 2. The predicted molar refractivity (Wildman–Crippen MR) is 139 cm³/mol. The second-order valence-corrected chi connectivity index (χ2v) is 8.57. The molecule has 2 N–H and O–H groups in total. The lowest BCUT2D eigenvalue weighted by molar-refractivity contribution is -0.118. The van der Waals surface area contributed by atoms with Crippen molar-refractivity contribution < 1.29 is 18.7 Å². The highest BCUT2D eigenvalue weighted by Crippen LogP contribution is 2.27. The van der Waals surface area contributed by atoms with E-state index < -0.39 is 0 Å². The molecule has 1 heterocycles. The largest absolute Gasteiger partial charge is 0.484 e. The van der Waals surface area contributed by atoms with Crippen molar-refractivity contribution in [1.82, 2.24) is 5.32 Å². The van der Waals surface area contributed by atoms with Crippen molar-refractivity contribution >= 4 is 34.8 Å². The first-order valence-electron chi connectivity index (χ1n) is 11.9. The molecule has 0 aliphatic heterocycles. The number of ether oxygens (including phenoxy) is 1. The van der Waals surface area contributed by atoms with E-state index in [0.29, 0.717) is 35.1 Å². The highest BCUT2D eigenvalue weighted by Gasteiger charge is 2.19. The highest BCUT2D eigenvalue weighted by atomic mass is 35.5. The Morgan fingerprint density at radius 1 is 1.06 bits per heavy atom. The second kappa shape index (κ2) is 13.4. The zero-order valence-corrected chi connectivity index (χ0v) is 20.9. The van der Waals surface area contributed by atoms with Crippen LogP contribution >= 0.6 is 11.6 Å². The summed E-state index contributed by atoms with van der Waals surface area (Å²) in [4.78, 5) is 27.7. The van der Waals surface area contributed by atoms with Crippen LogP contribution < -0.4 is 20.3 Å². The molecule has 7 nitrogen and oxygen atoms in total. The van der Waals surface area contributed by atoms with Crippen molar-refractivity contribution in [3.8, 4) is 5.75 Å². The van der Waals surface area contributed by atoms with Crippen LogP contribution in [0.2, 0.25) is 5.02 Å². The van der Waals surface area contributed by atoms with Gasteiger partial charge in [0.2, 0.25) is 0 Å². The van der Waals surface area contributed by atoms with Crippen LogP contribution in [0.25, 0.3) is 0 Å². The molecule has 0 fully saturated rings. The summed E-state index contributed by atoms with van der Waals surface area (Å²) < 4.78 is 11.1. The maximum Gasteiger partial charge on any atom is 0.262 e. The van der Waals surface area contributed by atoms with Crippen LogP contribution in [0.4, 0.5) is 11.4 Å². The number of nitrogens with zero attached hydrogens (tertiary/aromatic N) is 1. The number of hydrogen-bond donors (Lipinski definition) is 2. The number of amides is 2. The predicted octanol–water partition coefficient (Wildman–Crippen LogP) is 5.90. The molecular weight excluding hydrogens is 466 g/mol. The van der Waals surface area contributed by atoms with E-state index >= 15 is 0 Å². The second-order valence-electron chi connectivity index (χ2n) is 8.13. The maximum atomic E-state index is 13.1. The first kappa shape index (κ1) is 26.2. The molecule has 0 aliphatic carbocycles. The van der Waals surface area contributed by atoms with E-state index in [1.165, 1.54) is 0 Å². The van der Waals surface area contributed by atoms with Gasteiger partial charge in [-0.3, -0.25) is 9.59 Å². The van der Waals surface area contributed by atoms with Gasteiger partial charge in [0.05, 0.1) is 24.1 Å². The molecule has 0 saturated heterocycles. The number of rotatable bonds is 13. The van der Waals surface area contributed by atoms with Crippen LogP contribution in [0.5, 0.6) is 5.75 Å². The Morgan fingerprint density at radius 3 is 2.54 bits per heavy atom. The molecule has 3 rings (SSSR count). The average molecular weight is 498 g/mol. The molecule has 8 heteroatoms. The fraction of sp³-hybridized carbons (Fsp3) is 0.333. The third-order valence-electron chi connectivity index (χ3n) is 5.29. The molecule has 0 bridgehead atoms. The molecule has 2 aromatic carbocycles. The first-order chi connectivity index (χ1) is 17.0. The quantitative estimate of drug-likeness (QED) is 0.307. The van der Waals surface area contributed by atoms with Crippen molar-refractivity contribution in [3.63, 3.8) is 0 Å². The Hall–Kier alpha value is -3.45. The summed E-state index contributed by atoms with van der Waals surface area (Å²) in [5, 5.41) is 6.37. The fourth-order valence-electron chi connectivity index (χ4n) is 3.51. The van der Waals surface area contributed by atoms with Crippen LogP contribution in [0.3, 0.4) is 0 Å². The molecule has 35 heavy (non-hydrogen) atoms. The number of carbonyl (C=O) groups excluding carboxylic acids is 2. The zero-order chi connectivity index (χ0) is 25.0. The number of halogens is 1. The summed E-state index contributed by atoms with van der Waals surface area (Å²) >= 11 is 5.88. The van der Waals surface area contributed by atoms with Gasteiger partial charge >= 0.3 is 0 Å². The van der Waals surface area contributed by atoms with Gasteiger partial charge in [0, 0.05) is 23.8 Å². The lowest BCUT2D eigenvalue weighted by atomic mass is 10.1. The molecule has 0 saturated carbocycles. The van der Waals surface area contributed by atoms with E-state index in [1.54, 1.807) is 42.7 Å². The molecule has 3 aromatic rings. The Kier molecular flexibility index (Phi) is 10.0. The van der Waals surface area contributed by atoms with E-state index in [1.807, 2.05) is 25.1 Å². The molecule has 0 spiro atoms. The number of carbonyl (C=O) groups is 2. The number of unbranched alkanes of at least 4 members (excludes halogenated alkanes) is 1.